The quantitative estimate of drug-likeness (QED) is 0.786. The Bertz CT molecular complexity index is 309. The number of hydrogen-bond acceptors (Lipinski definition) is 3. The van der Waals surface area contributed by atoms with Gasteiger partial charge in [-0.1, -0.05) is 19.9 Å². The molecule has 1 aromatic heterocycles. The highest BCUT2D eigenvalue weighted by atomic mass is 16.3. The average Bonchev–Trinajstić information content (AvgIpc) is 2.37. The Morgan fingerprint density at radius 2 is 2.18 bits per heavy atom. The van der Waals surface area contributed by atoms with Gasteiger partial charge in [-0.05, 0) is 25.6 Å². The van der Waals surface area contributed by atoms with E-state index in [0.717, 1.165) is 31.6 Å². The van der Waals surface area contributed by atoms with Crippen LogP contribution in [0.2, 0.25) is 0 Å². The van der Waals surface area contributed by atoms with E-state index in [1.807, 2.05) is 18.3 Å². The van der Waals surface area contributed by atoms with E-state index in [9.17, 15) is 5.11 Å². The summed E-state index contributed by atoms with van der Waals surface area (Å²) in [5.74, 6) is 0. The van der Waals surface area contributed by atoms with Gasteiger partial charge in [0, 0.05) is 43.4 Å². The molecule has 1 heterocycles. The van der Waals surface area contributed by atoms with Crippen molar-refractivity contribution in [2.24, 2.45) is 5.41 Å². The minimum Gasteiger partial charge on any atom is -0.396 e. The van der Waals surface area contributed by atoms with Crippen LogP contribution in [0.3, 0.4) is 0 Å². The third kappa shape index (κ3) is 4.84. The molecule has 1 aromatic rings. The zero-order valence-corrected chi connectivity index (χ0v) is 11.2. The second-order valence-electron chi connectivity index (χ2n) is 5.13. The van der Waals surface area contributed by atoms with E-state index in [4.69, 9.17) is 0 Å². The fraction of sp³-hybridized carbons (Fsp3) is 0.643. The summed E-state index contributed by atoms with van der Waals surface area (Å²) in [5.41, 5.74) is 1.14. The van der Waals surface area contributed by atoms with E-state index in [1.165, 1.54) is 0 Å². The molecule has 0 spiro atoms. The molecule has 0 aliphatic heterocycles. The molecule has 0 saturated carbocycles. The van der Waals surface area contributed by atoms with Crippen molar-refractivity contribution in [2.45, 2.75) is 26.7 Å². The summed E-state index contributed by atoms with van der Waals surface area (Å²) >= 11 is 0. The highest BCUT2D eigenvalue weighted by Crippen LogP contribution is 2.20. The zero-order valence-electron chi connectivity index (χ0n) is 11.2. The molecular weight excluding hydrogens is 212 g/mol. The SMILES string of the molecule is CCC(C)(CO)CN(C)CCc1ccccn1. The van der Waals surface area contributed by atoms with Crippen LogP contribution in [0.5, 0.6) is 0 Å². The second kappa shape index (κ2) is 6.72. The molecule has 1 rings (SSSR count). The zero-order chi connectivity index (χ0) is 12.7. The molecule has 0 aromatic carbocycles. The molecule has 0 fully saturated rings. The maximum absolute atomic E-state index is 9.38. The molecule has 1 atom stereocenters. The minimum atomic E-state index is 0.0128. The standard InChI is InChI=1S/C14H24N2O/c1-4-14(2,12-17)11-16(3)10-8-13-7-5-6-9-15-13/h5-7,9,17H,4,8,10-12H2,1-3H3. The van der Waals surface area contributed by atoms with E-state index in [1.54, 1.807) is 0 Å². The van der Waals surface area contributed by atoms with Crippen molar-refractivity contribution in [3.05, 3.63) is 30.1 Å². The van der Waals surface area contributed by atoms with Gasteiger partial charge < -0.3 is 10.0 Å². The number of aromatic nitrogens is 1. The lowest BCUT2D eigenvalue weighted by molar-refractivity contribution is 0.0960. The lowest BCUT2D eigenvalue weighted by atomic mass is 9.88. The molecule has 0 saturated heterocycles. The Hall–Kier alpha value is -0.930. The summed E-state index contributed by atoms with van der Waals surface area (Å²) in [4.78, 5) is 6.58. The smallest absolute Gasteiger partial charge is 0.0496 e. The number of pyridine rings is 1. The first-order valence-electron chi connectivity index (χ1n) is 6.29. The number of likely N-dealkylation sites (N-methyl/N-ethyl adjacent to an activating group) is 1. The van der Waals surface area contributed by atoms with E-state index < -0.39 is 0 Å². The van der Waals surface area contributed by atoms with Crippen molar-refractivity contribution in [3.63, 3.8) is 0 Å². The Morgan fingerprint density at radius 1 is 1.41 bits per heavy atom. The van der Waals surface area contributed by atoms with Gasteiger partial charge in [0.05, 0.1) is 0 Å². The van der Waals surface area contributed by atoms with Gasteiger partial charge in [0.15, 0.2) is 0 Å². The predicted molar refractivity (Wildman–Crippen MR) is 70.9 cm³/mol. The van der Waals surface area contributed by atoms with Gasteiger partial charge in [-0.3, -0.25) is 4.98 Å². The van der Waals surface area contributed by atoms with Crippen molar-refractivity contribution >= 4 is 0 Å². The Balaban J connectivity index is 2.37. The summed E-state index contributed by atoms with van der Waals surface area (Å²) in [6, 6.07) is 6.01. The summed E-state index contributed by atoms with van der Waals surface area (Å²) in [7, 11) is 2.10. The summed E-state index contributed by atoms with van der Waals surface area (Å²) in [6.45, 7) is 6.41. The van der Waals surface area contributed by atoms with Gasteiger partial charge in [0.2, 0.25) is 0 Å². The normalized spacial score (nSPS) is 14.9. The maximum Gasteiger partial charge on any atom is 0.0496 e. The fourth-order valence-electron chi connectivity index (χ4n) is 1.86. The molecule has 3 heteroatoms. The van der Waals surface area contributed by atoms with E-state index >= 15 is 0 Å². The number of aliphatic hydroxyl groups excluding tert-OH is 1. The molecule has 0 radical (unpaired) electrons. The first-order chi connectivity index (χ1) is 8.09. The summed E-state index contributed by atoms with van der Waals surface area (Å²) < 4.78 is 0. The van der Waals surface area contributed by atoms with Gasteiger partial charge in [-0.2, -0.15) is 0 Å². The van der Waals surface area contributed by atoms with Crippen molar-refractivity contribution in [2.75, 3.05) is 26.7 Å². The van der Waals surface area contributed by atoms with Crippen LogP contribution in [-0.4, -0.2) is 41.7 Å². The molecule has 1 unspecified atom stereocenters. The molecule has 17 heavy (non-hydrogen) atoms. The summed E-state index contributed by atoms with van der Waals surface area (Å²) in [6.07, 6.45) is 3.79. The first kappa shape index (κ1) is 14.1. The van der Waals surface area contributed by atoms with Crippen LogP contribution in [0.4, 0.5) is 0 Å². The van der Waals surface area contributed by atoms with E-state index in [2.05, 4.69) is 36.8 Å². The first-order valence-corrected chi connectivity index (χ1v) is 6.29. The minimum absolute atomic E-state index is 0.0128. The molecular formula is C14H24N2O. The molecule has 1 N–H and O–H groups in total. The Labute approximate surface area is 104 Å². The lowest BCUT2D eigenvalue weighted by Crippen LogP contribution is -2.36. The highest BCUT2D eigenvalue weighted by Gasteiger charge is 2.22. The van der Waals surface area contributed by atoms with Crippen LogP contribution in [0.1, 0.15) is 26.0 Å². The average molecular weight is 236 g/mol. The van der Waals surface area contributed by atoms with Crippen LogP contribution < -0.4 is 0 Å². The van der Waals surface area contributed by atoms with Gasteiger partial charge in [0.1, 0.15) is 0 Å². The van der Waals surface area contributed by atoms with Crippen LogP contribution >= 0.6 is 0 Å². The van der Waals surface area contributed by atoms with Crippen LogP contribution in [-0.2, 0) is 6.42 Å². The topological polar surface area (TPSA) is 36.4 Å². The fourth-order valence-corrected chi connectivity index (χ4v) is 1.86. The van der Waals surface area contributed by atoms with E-state index in [0.29, 0.717) is 0 Å². The maximum atomic E-state index is 9.38. The molecule has 0 amide bonds. The Kier molecular flexibility index (Phi) is 5.59. The third-order valence-corrected chi connectivity index (χ3v) is 3.36. The third-order valence-electron chi connectivity index (χ3n) is 3.36. The van der Waals surface area contributed by atoms with Crippen LogP contribution in [0.25, 0.3) is 0 Å². The van der Waals surface area contributed by atoms with Crippen molar-refractivity contribution in [1.82, 2.24) is 9.88 Å². The molecule has 0 aliphatic carbocycles. The largest absolute Gasteiger partial charge is 0.396 e. The number of nitrogens with zero attached hydrogens (tertiary/aromatic N) is 2. The number of rotatable bonds is 7. The van der Waals surface area contributed by atoms with Gasteiger partial charge in [-0.25, -0.2) is 0 Å². The number of hydrogen-bond donors (Lipinski definition) is 1. The van der Waals surface area contributed by atoms with Gasteiger partial charge in [0.25, 0.3) is 0 Å². The lowest BCUT2D eigenvalue weighted by Gasteiger charge is -2.31. The predicted octanol–water partition coefficient (Wildman–Crippen LogP) is 1.96. The van der Waals surface area contributed by atoms with Crippen LogP contribution in [0, 0.1) is 5.41 Å². The van der Waals surface area contributed by atoms with Crippen molar-refractivity contribution < 1.29 is 5.11 Å². The van der Waals surface area contributed by atoms with Gasteiger partial charge >= 0.3 is 0 Å². The van der Waals surface area contributed by atoms with Crippen LogP contribution in [0.15, 0.2) is 24.4 Å². The molecule has 3 nitrogen and oxygen atoms in total. The van der Waals surface area contributed by atoms with Gasteiger partial charge in [-0.15, -0.1) is 0 Å². The molecule has 0 aliphatic rings. The summed E-state index contributed by atoms with van der Waals surface area (Å²) in [5, 5.41) is 9.38. The highest BCUT2D eigenvalue weighted by molar-refractivity contribution is 5.03. The molecule has 96 valence electrons. The molecule has 0 bridgehead atoms. The Morgan fingerprint density at radius 3 is 2.71 bits per heavy atom. The van der Waals surface area contributed by atoms with Crippen molar-refractivity contribution in [3.8, 4) is 0 Å². The monoisotopic (exact) mass is 236 g/mol. The van der Waals surface area contributed by atoms with Crippen molar-refractivity contribution in [1.29, 1.82) is 0 Å². The number of aliphatic hydroxyl groups is 1. The second-order valence-corrected chi connectivity index (χ2v) is 5.13. The van der Waals surface area contributed by atoms with E-state index in [-0.39, 0.29) is 12.0 Å².